The van der Waals surface area contributed by atoms with Crippen molar-refractivity contribution in [2.24, 2.45) is 0 Å². The van der Waals surface area contributed by atoms with E-state index in [2.05, 4.69) is 29.6 Å². The van der Waals surface area contributed by atoms with E-state index < -0.39 is 21.0 Å². The van der Waals surface area contributed by atoms with E-state index in [1.807, 2.05) is 106 Å². The van der Waals surface area contributed by atoms with E-state index in [1.54, 1.807) is 19.1 Å². The van der Waals surface area contributed by atoms with Crippen molar-refractivity contribution in [3.8, 4) is 67.9 Å². The summed E-state index contributed by atoms with van der Waals surface area (Å²) >= 11 is 0. The highest BCUT2D eigenvalue weighted by Crippen LogP contribution is 2.34. The van der Waals surface area contributed by atoms with E-state index in [0.717, 1.165) is 33.4 Å². The van der Waals surface area contributed by atoms with Gasteiger partial charge in [0.2, 0.25) is 0 Å². The second kappa shape index (κ2) is 20.5. The molecular formula is C46H50N4O7Si. The lowest BCUT2D eigenvalue weighted by Gasteiger charge is -2.28. The number of aromatic nitrogens is 3. The summed E-state index contributed by atoms with van der Waals surface area (Å²) in [7, 11) is -2.78. The van der Waals surface area contributed by atoms with Crippen LogP contribution in [0.4, 0.5) is 4.79 Å². The average Bonchev–Trinajstić information content (AvgIpc) is 3.25. The number of carbonyl (C=O) groups is 1. The number of amides is 1. The molecule has 0 spiro atoms. The molecule has 11 nitrogen and oxygen atoms in total. The normalized spacial score (nSPS) is 11.9. The highest BCUT2D eigenvalue weighted by molar-refractivity contribution is 6.60. The molecular weight excluding hydrogens is 749 g/mol. The Bertz CT molecular complexity index is 2090. The molecule has 2 N–H and O–H groups in total. The third-order valence-corrected chi connectivity index (χ3v) is 12.3. The van der Waals surface area contributed by atoms with E-state index in [0.29, 0.717) is 67.6 Å². The molecule has 0 saturated heterocycles. The van der Waals surface area contributed by atoms with Crippen molar-refractivity contribution in [3.05, 3.63) is 127 Å². The Labute approximate surface area is 341 Å². The summed E-state index contributed by atoms with van der Waals surface area (Å²) in [5.41, 5.74) is 6.39. The van der Waals surface area contributed by atoms with Gasteiger partial charge in [-0.05, 0) is 68.5 Å². The highest BCUT2D eigenvalue weighted by atomic mass is 28.4. The molecule has 1 unspecified atom stereocenters. The second-order valence-electron chi connectivity index (χ2n) is 13.4. The Balaban J connectivity index is 1.14. The van der Waals surface area contributed by atoms with Crippen molar-refractivity contribution in [2.75, 3.05) is 33.0 Å². The molecule has 6 aromatic rings. The van der Waals surface area contributed by atoms with Gasteiger partial charge in [-0.2, -0.15) is 0 Å². The number of aromatic hydroxyl groups is 1. The van der Waals surface area contributed by atoms with Gasteiger partial charge in [0, 0.05) is 49.6 Å². The molecule has 12 heteroatoms. The molecule has 1 atom stereocenters. The van der Waals surface area contributed by atoms with Crippen molar-refractivity contribution < 1.29 is 32.7 Å². The maximum atomic E-state index is 12.5. The lowest BCUT2D eigenvalue weighted by atomic mass is 10.0. The number of rotatable bonds is 19. The van der Waals surface area contributed by atoms with Crippen LogP contribution in [-0.2, 0) is 18.0 Å². The molecule has 0 saturated carbocycles. The zero-order valence-electron chi connectivity index (χ0n) is 33.4. The molecule has 5 aromatic carbocycles. The predicted molar refractivity (Wildman–Crippen MR) is 228 cm³/mol. The van der Waals surface area contributed by atoms with Gasteiger partial charge in [-0.25, -0.2) is 19.7 Å². The maximum Gasteiger partial charge on any atom is 0.500 e. The van der Waals surface area contributed by atoms with Crippen LogP contribution in [0.3, 0.4) is 0 Å². The van der Waals surface area contributed by atoms with E-state index in [-0.39, 0.29) is 12.4 Å². The molecule has 0 fully saturated rings. The minimum atomic E-state index is -2.78. The topological polar surface area (TPSA) is 134 Å². The summed E-state index contributed by atoms with van der Waals surface area (Å²) < 4.78 is 29.0. The van der Waals surface area contributed by atoms with Crippen LogP contribution in [0.15, 0.2) is 127 Å². The minimum Gasteiger partial charge on any atom is -0.507 e. The first-order valence-electron chi connectivity index (χ1n) is 19.7. The zero-order chi connectivity index (χ0) is 40.7. The number of benzene rings is 5. The van der Waals surface area contributed by atoms with Crippen LogP contribution in [0, 0.1) is 0 Å². The summed E-state index contributed by atoms with van der Waals surface area (Å²) in [6, 6.07) is 42.0. The van der Waals surface area contributed by atoms with E-state index in [4.69, 9.17) is 37.7 Å². The molecule has 6 rings (SSSR count). The molecule has 0 aliphatic heterocycles. The molecule has 58 heavy (non-hydrogen) atoms. The summed E-state index contributed by atoms with van der Waals surface area (Å²) in [4.78, 5) is 27.0. The van der Waals surface area contributed by atoms with Gasteiger partial charge in [-0.3, -0.25) is 0 Å². The van der Waals surface area contributed by atoms with E-state index >= 15 is 0 Å². The number of alkyl carbamates (subject to hydrolysis) is 1. The van der Waals surface area contributed by atoms with Gasteiger partial charge in [0.1, 0.15) is 24.2 Å². The molecule has 0 aliphatic carbocycles. The molecule has 1 aromatic heterocycles. The van der Waals surface area contributed by atoms with E-state index in [9.17, 15) is 9.90 Å². The lowest BCUT2D eigenvalue weighted by Crippen LogP contribution is -2.46. The SMILES string of the molecule is CCO[Si](CCCNC(=O)OCC(C)Oc1ccc(-c2nc(-c3ccc(-c4ccccc4)cc3)nc(-c3ccc(-c4ccccc4)cc3)n2)c(O)c1)(OCC)OCC. The Kier molecular flexibility index (Phi) is 14.7. The van der Waals surface area contributed by atoms with Crippen molar-refractivity contribution in [3.63, 3.8) is 0 Å². The van der Waals surface area contributed by atoms with Crippen molar-refractivity contribution in [1.82, 2.24) is 20.3 Å². The summed E-state index contributed by atoms with van der Waals surface area (Å²) in [5.74, 6) is 1.56. The zero-order valence-corrected chi connectivity index (χ0v) is 34.4. The maximum absolute atomic E-state index is 12.5. The Morgan fingerprint density at radius 3 is 1.59 bits per heavy atom. The van der Waals surface area contributed by atoms with Crippen LogP contribution in [0.5, 0.6) is 11.5 Å². The number of hydrogen-bond donors (Lipinski definition) is 2. The molecule has 0 bridgehead atoms. The standard InChI is InChI=1S/C46H50N4O7Si/c1-5-54-58(55-6-2,56-7-3)30-14-29-47-46(52)53-32-33(4)57-40-27-28-41(42(51)31-40)45-49-43(38-23-19-36(20-24-38)34-15-10-8-11-16-34)48-44(50-45)39-25-21-37(22-26-39)35-17-12-9-13-18-35/h8-13,15-28,31,33,51H,5-7,14,29-30,32H2,1-4H3,(H,47,52). The van der Waals surface area contributed by atoms with Crippen molar-refractivity contribution >= 4 is 14.9 Å². The van der Waals surface area contributed by atoms with Crippen LogP contribution in [0.25, 0.3) is 56.4 Å². The minimum absolute atomic E-state index is 0.00379. The van der Waals surface area contributed by atoms with Crippen molar-refractivity contribution in [1.29, 1.82) is 0 Å². The van der Waals surface area contributed by atoms with Crippen LogP contribution >= 0.6 is 0 Å². The number of carbonyl (C=O) groups excluding carboxylic acids is 1. The second-order valence-corrected chi connectivity index (χ2v) is 16.1. The molecule has 0 aliphatic rings. The largest absolute Gasteiger partial charge is 0.507 e. The molecule has 0 radical (unpaired) electrons. The molecule has 1 amide bonds. The van der Waals surface area contributed by atoms with Gasteiger partial charge in [-0.15, -0.1) is 0 Å². The fourth-order valence-electron chi connectivity index (χ4n) is 6.42. The molecule has 1 heterocycles. The van der Waals surface area contributed by atoms with Gasteiger partial charge in [-0.1, -0.05) is 109 Å². The number of phenols is 1. The number of nitrogens with zero attached hydrogens (tertiary/aromatic N) is 3. The van der Waals surface area contributed by atoms with Crippen LogP contribution in [0.1, 0.15) is 34.1 Å². The summed E-state index contributed by atoms with van der Waals surface area (Å²) in [6.07, 6.45) is -0.446. The van der Waals surface area contributed by atoms with Gasteiger partial charge < -0.3 is 33.2 Å². The van der Waals surface area contributed by atoms with Gasteiger partial charge >= 0.3 is 14.9 Å². The lowest BCUT2D eigenvalue weighted by molar-refractivity contribution is 0.0703. The highest BCUT2D eigenvalue weighted by Gasteiger charge is 2.39. The van der Waals surface area contributed by atoms with E-state index in [1.165, 1.54) is 6.07 Å². The number of nitrogens with one attached hydrogen (secondary N) is 1. The number of ether oxygens (including phenoxy) is 2. The van der Waals surface area contributed by atoms with Crippen LogP contribution < -0.4 is 10.1 Å². The Hall–Kier alpha value is -5.92. The smallest absolute Gasteiger partial charge is 0.500 e. The fourth-order valence-corrected chi connectivity index (χ4v) is 9.03. The van der Waals surface area contributed by atoms with Crippen LogP contribution in [-0.4, -0.2) is 74.0 Å². The quantitative estimate of drug-likeness (QED) is 0.0603. The van der Waals surface area contributed by atoms with Gasteiger partial charge in [0.25, 0.3) is 0 Å². The average molecular weight is 799 g/mol. The first-order valence-corrected chi connectivity index (χ1v) is 21.6. The number of hydrogen-bond acceptors (Lipinski definition) is 10. The Morgan fingerprint density at radius 1 is 0.638 bits per heavy atom. The van der Waals surface area contributed by atoms with Gasteiger partial charge in [0.15, 0.2) is 17.5 Å². The summed E-state index contributed by atoms with van der Waals surface area (Å²) in [5, 5.41) is 14.1. The first kappa shape index (κ1) is 41.7. The van der Waals surface area contributed by atoms with Crippen LogP contribution in [0.2, 0.25) is 6.04 Å². The third-order valence-electron chi connectivity index (χ3n) is 9.15. The van der Waals surface area contributed by atoms with Gasteiger partial charge in [0.05, 0.1) is 5.56 Å². The van der Waals surface area contributed by atoms with Crippen molar-refractivity contribution in [2.45, 2.75) is 46.3 Å². The third kappa shape index (κ3) is 11.1. The Morgan fingerprint density at radius 2 is 1.10 bits per heavy atom. The first-order chi connectivity index (χ1) is 28.3. The predicted octanol–water partition coefficient (Wildman–Crippen LogP) is 9.84. The monoisotopic (exact) mass is 798 g/mol. The fraction of sp³-hybridized carbons (Fsp3) is 0.261. The number of phenolic OH excluding ortho intramolecular Hbond substituents is 1. The summed E-state index contributed by atoms with van der Waals surface area (Å²) in [6.45, 7) is 9.38. The molecule has 300 valence electrons.